The summed E-state index contributed by atoms with van der Waals surface area (Å²) < 4.78 is 5.81. The summed E-state index contributed by atoms with van der Waals surface area (Å²) in [6.45, 7) is 4.74. The van der Waals surface area contributed by atoms with Crippen molar-refractivity contribution < 1.29 is 24.2 Å². The van der Waals surface area contributed by atoms with Gasteiger partial charge in [0.1, 0.15) is 12.1 Å². The fourth-order valence-corrected chi connectivity index (χ4v) is 4.32. The molecule has 0 aliphatic carbocycles. The van der Waals surface area contributed by atoms with Crippen LogP contribution >= 0.6 is 0 Å². The molecule has 0 aromatic carbocycles. The molecular formula is C33H58N2O5. The van der Waals surface area contributed by atoms with Crippen molar-refractivity contribution in [3.8, 4) is 0 Å². The Morgan fingerprint density at radius 2 is 1.35 bits per heavy atom. The molecule has 0 radical (unpaired) electrons. The van der Waals surface area contributed by atoms with Gasteiger partial charge in [0.15, 0.2) is 0 Å². The van der Waals surface area contributed by atoms with E-state index < -0.39 is 12.0 Å². The van der Waals surface area contributed by atoms with E-state index in [2.05, 4.69) is 49.5 Å². The second-order valence-electron chi connectivity index (χ2n) is 10.5. The van der Waals surface area contributed by atoms with Crippen molar-refractivity contribution in [2.75, 3.05) is 6.54 Å². The summed E-state index contributed by atoms with van der Waals surface area (Å²) >= 11 is 0. The molecule has 2 unspecified atom stereocenters. The lowest BCUT2D eigenvalue weighted by molar-refractivity contribution is -0.147. The number of amides is 1. The third-order valence-electron chi connectivity index (χ3n) is 6.70. The van der Waals surface area contributed by atoms with Gasteiger partial charge in [-0.15, -0.1) is 0 Å². The number of hydrogen-bond acceptors (Lipinski definition) is 5. The molecule has 0 bridgehead atoms. The smallest absolute Gasteiger partial charge is 0.326 e. The first-order valence-corrected chi connectivity index (χ1v) is 15.8. The van der Waals surface area contributed by atoms with Gasteiger partial charge in [0.05, 0.1) is 0 Å². The largest absolute Gasteiger partial charge is 0.480 e. The van der Waals surface area contributed by atoms with E-state index in [1.54, 1.807) is 0 Å². The van der Waals surface area contributed by atoms with Crippen molar-refractivity contribution in [3.05, 3.63) is 36.5 Å². The van der Waals surface area contributed by atoms with Gasteiger partial charge >= 0.3 is 11.9 Å². The Morgan fingerprint density at radius 1 is 0.750 bits per heavy atom. The van der Waals surface area contributed by atoms with Gasteiger partial charge in [0.25, 0.3) is 0 Å². The second-order valence-corrected chi connectivity index (χ2v) is 10.5. The van der Waals surface area contributed by atoms with E-state index in [1.165, 1.54) is 32.1 Å². The van der Waals surface area contributed by atoms with E-state index in [4.69, 9.17) is 10.5 Å². The second kappa shape index (κ2) is 28.1. The van der Waals surface area contributed by atoms with Crippen LogP contribution in [0.4, 0.5) is 0 Å². The SMILES string of the molecule is CC/C=C\C/C=C\C/C=C\C(CCCCCCC(=O)NC(CCCN)C(=O)O)OC(=O)CCCCCCCCC. The maximum atomic E-state index is 12.5. The molecule has 0 saturated heterocycles. The van der Waals surface area contributed by atoms with Crippen molar-refractivity contribution in [3.63, 3.8) is 0 Å². The van der Waals surface area contributed by atoms with Gasteiger partial charge in [0, 0.05) is 12.8 Å². The predicted molar refractivity (Wildman–Crippen MR) is 165 cm³/mol. The third-order valence-corrected chi connectivity index (χ3v) is 6.70. The molecular weight excluding hydrogens is 504 g/mol. The number of rotatable bonds is 27. The van der Waals surface area contributed by atoms with Gasteiger partial charge in [-0.05, 0) is 70.4 Å². The van der Waals surface area contributed by atoms with Gasteiger partial charge in [-0.3, -0.25) is 9.59 Å². The highest BCUT2D eigenvalue weighted by atomic mass is 16.5. The maximum absolute atomic E-state index is 12.5. The minimum atomic E-state index is -1.02. The number of carbonyl (C=O) groups is 3. The molecule has 0 aromatic heterocycles. The number of carbonyl (C=O) groups excluding carboxylic acids is 2. The van der Waals surface area contributed by atoms with Crippen LogP contribution in [0.5, 0.6) is 0 Å². The standard InChI is InChI=1S/C33H58N2O5/c1-3-5-7-9-11-13-14-18-23-29(40-32(37)27-21-15-12-10-8-6-4-2)24-19-16-17-20-26-31(36)35-30(33(38)39)25-22-28-34/h5,7,11,13,18,23,29-30H,3-4,6,8-10,12,14-17,19-22,24-28,34H2,1-2H3,(H,35,36)(H,38,39)/b7-5-,13-11-,23-18-. The topological polar surface area (TPSA) is 119 Å². The lowest BCUT2D eigenvalue weighted by Gasteiger charge is -2.15. The van der Waals surface area contributed by atoms with Crippen LogP contribution in [-0.4, -0.2) is 41.6 Å². The maximum Gasteiger partial charge on any atom is 0.326 e. The number of nitrogens with one attached hydrogen (secondary N) is 1. The van der Waals surface area contributed by atoms with E-state index in [-0.39, 0.29) is 18.0 Å². The van der Waals surface area contributed by atoms with E-state index in [0.717, 1.165) is 57.8 Å². The number of carboxylic acid groups (broad SMARTS) is 1. The van der Waals surface area contributed by atoms with E-state index in [1.807, 2.05) is 6.08 Å². The lowest BCUT2D eigenvalue weighted by atomic mass is 10.1. The van der Waals surface area contributed by atoms with Crippen LogP contribution in [0.3, 0.4) is 0 Å². The zero-order chi connectivity index (χ0) is 29.7. The fourth-order valence-electron chi connectivity index (χ4n) is 4.32. The summed E-state index contributed by atoms with van der Waals surface area (Å²) in [5, 5.41) is 11.8. The third kappa shape index (κ3) is 24.6. The number of esters is 1. The first-order valence-electron chi connectivity index (χ1n) is 15.8. The normalized spacial score (nSPS) is 13.3. The molecule has 0 aliphatic rings. The van der Waals surface area contributed by atoms with Crippen molar-refractivity contribution in [2.24, 2.45) is 5.73 Å². The first-order chi connectivity index (χ1) is 19.4. The van der Waals surface area contributed by atoms with Gasteiger partial charge in [-0.2, -0.15) is 0 Å². The van der Waals surface area contributed by atoms with Crippen LogP contribution < -0.4 is 11.1 Å². The van der Waals surface area contributed by atoms with E-state index in [0.29, 0.717) is 38.6 Å². The Bertz CT molecular complexity index is 732. The highest BCUT2D eigenvalue weighted by Crippen LogP contribution is 2.14. The molecule has 230 valence electrons. The van der Waals surface area contributed by atoms with Crippen LogP contribution in [-0.2, 0) is 19.1 Å². The number of unbranched alkanes of at least 4 members (excludes halogenated alkanes) is 9. The van der Waals surface area contributed by atoms with Crippen molar-refractivity contribution >= 4 is 17.8 Å². The lowest BCUT2D eigenvalue weighted by Crippen LogP contribution is -2.40. The highest BCUT2D eigenvalue weighted by molar-refractivity contribution is 5.83. The molecule has 4 N–H and O–H groups in total. The molecule has 0 rings (SSSR count). The van der Waals surface area contributed by atoms with Crippen molar-refractivity contribution in [2.45, 2.75) is 148 Å². The van der Waals surface area contributed by atoms with E-state index in [9.17, 15) is 19.5 Å². The molecule has 0 spiro atoms. The van der Waals surface area contributed by atoms with Crippen molar-refractivity contribution in [1.82, 2.24) is 5.32 Å². The van der Waals surface area contributed by atoms with Gasteiger partial charge in [0.2, 0.25) is 5.91 Å². The quantitative estimate of drug-likeness (QED) is 0.0540. The fraction of sp³-hybridized carbons (Fsp3) is 0.727. The number of carboxylic acids is 1. The summed E-state index contributed by atoms with van der Waals surface area (Å²) in [5.41, 5.74) is 5.45. The molecule has 1 amide bonds. The van der Waals surface area contributed by atoms with Gasteiger partial charge < -0.3 is 20.9 Å². The molecule has 7 heteroatoms. The Labute approximate surface area is 244 Å². The average Bonchev–Trinajstić information content (AvgIpc) is 2.93. The molecule has 40 heavy (non-hydrogen) atoms. The minimum Gasteiger partial charge on any atom is -0.480 e. The highest BCUT2D eigenvalue weighted by Gasteiger charge is 2.18. The van der Waals surface area contributed by atoms with Gasteiger partial charge in [-0.25, -0.2) is 4.79 Å². The number of hydrogen-bond donors (Lipinski definition) is 3. The Morgan fingerprint density at radius 3 is 2.00 bits per heavy atom. The number of ether oxygens (including phenoxy) is 1. The Kier molecular flexibility index (Phi) is 26.4. The van der Waals surface area contributed by atoms with Crippen LogP contribution in [0, 0.1) is 0 Å². The van der Waals surface area contributed by atoms with Crippen LogP contribution in [0.15, 0.2) is 36.5 Å². The zero-order valence-electron chi connectivity index (χ0n) is 25.4. The Balaban J connectivity index is 4.47. The van der Waals surface area contributed by atoms with Crippen LogP contribution in [0.2, 0.25) is 0 Å². The zero-order valence-corrected chi connectivity index (χ0v) is 25.4. The number of allylic oxidation sites excluding steroid dienone is 5. The first kappa shape index (κ1) is 37.6. The summed E-state index contributed by atoms with van der Waals surface area (Å²) in [4.78, 5) is 35.9. The van der Waals surface area contributed by atoms with Crippen molar-refractivity contribution in [1.29, 1.82) is 0 Å². The summed E-state index contributed by atoms with van der Waals surface area (Å²) in [5.74, 6) is -1.38. The Hall–Kier alpha value is -2.41. The monoisotopic (exact) mass is 562 g/mol. The van der Waals surface area contributed by atoms with E-state index >= 15 is 0 Å². The molecule has 0 fully saturated rings. The van der Waals surface area contributed by atoms with Crippen LogP contribution in [0.25, 0.3) is 0 Å². The summed E-state index contributed by atoms with van der Waals surface area (Å²) in [7, 11) is 0. The van der Waals surface area contributed by atoms with Gasteiger partial charge in [-0.1, -0.05) is 95.6 Å². The molecule has 0 aliphatic heterocycles. The molecule has 0 saturated carbocycles. The summed E-state index contributed by atoms with van der Waals surface area (Å²) in [6.07, 6.45) is 29.2. The molecule has 7 nitrogen and oxygen atoms in total. The number of nitrogens with two attached hydrogens (primary N) is 1. The predicted octanol–water partition coefficient (Wildman–Crippen LogP) is 7.55. The summed E-state index contributed by atoms with van der Waals surface area (Å²) in [6, 6.07) is -0.873. The molecule has 2 atom stereocenters. The minimum absolute atomic E-state index is 0.122. The average molecular weight is 563 g/mol. The number of aliphatic carboxylic acids is 1. The molecule has 0 heterocycles. The molecule has 0 aromatic rings. The van der Waals surface area contributed by atoms with Crippen LogP contribution in [0.1, 0.15) is 136 Å².